The van der Waals surface area contributed by atoms with Gasteiger partial charge in [0, 0.05) is 6.42 Å². The molecule has 4 heteroatoms. The third-order valence-electron chi connectivity index (χ3n) is 4.06. The fraction of sp³-hybridized carbons (Fsp3) is 0.368. The summed E-state index contributed by atoms with van der Waals surface area (Å²) in [4.78, 5) is 0. The van der Waals surface area contributed by atoms with Gasteiger partial charge in [-0.2, -0.15) is 0 Å². The maximum absolute atomic E-state index is 12.8. The summed E-state index contributed by atoms with van der Waals surface area (Å²) in [6.45, 7) is 1.07. The zero-order valence-corrected chi connectivity index (χ0v) is 13.0. The lowest BCUT2D eigenvalue weighted by Gasteiger charge is -2.23. The molecule has 2 aromatic carbocycles. The average Bonchev–Trinajstić information content (AvgIpc) is 2.57. The quantitative estimate of drug-likeness (QED) is 0.817. The molecule has 3 rings (SSSR count). The first kappa shape index (κ1) is 15.8. The molecule has 122 valence electrons. The molecule has 0 radical (unpaired) electrons. The van der Waals surface area contributed by atoms with Gasteiger partial charge in [0.2, 0.25) is 0 Å². The Balaban J connectivity index is 1.48. The molecule has 0 fully saturated rings. The van der Waals surface area contributed by atoms with Gasteiger partial charge in [-0.05, 0) is 60.7 Å². The van der Waals surface area contributed by atoms with Gasteiger partial charge in [0.1, 0.15) is 17.3 Å². The van der Waals surface area contributed by atoms with Crippen molar-refractivity contribution in [3.8, 4) is 11.5 Å². The van der Waals surface area contributed by atoms with Crippen molar-refractivity contribution in [2.75, 3.05) is 13.2 Å². The lowest BCUT2D eigenvalue weighted by Crippen LogP contribution is -2.12. The summed E-state index contributed by atoms with van der Waals surface area (Å²) in [7, 11) is 0. The van der Waals surface area contributed by atoms with Gasteiger partial charge in [-0.25, -0.2) is 4.39 Å². The van der Waals surface area contributed by atoms with Crippen molar-refractivity contribution < 1.29 is 19.0 Å². The van der Waals surface area contributed by atoms with E-state index in [1.807, 2.05) is 18.2 Å². The van der Waals surface area contributed by atoms with Crippen molar-refractivity contribution in [1.82, 2.24) is 0 Å². The topological polar surface area (TPSA) is 38.7 Å². The molecule has 0 amide bonds. The van der Waals surface area contributed by atoms with Gasteiger partial charge in [-0.1, -0.05) is 12.1 Å². The van der Waals surface area contributed by atoms with E-state index < -0.39 is 0 Å². The summed E-state index contributed by atoms with van der Waals surface area (Å²) in [6, 6.07) is 11.9. The van der Waals surface area contributed by atoms with Crippen LogP contribution in [0.2, 0.25) is 0 Å². The number of ether oxygens (including phenoxy) is 2. The van der Waals surface area contributed by atoms with E-state index in [-0.39, 0.29) is 11.9 Å². The lowest BCUT2D eigenvalue weighted by atomic mass is 9.89. The first-order chi connectivity index (χ1) is 11.2. The van der Waals surface area contributed by atoms with Gasteiger partial charge in [0.15, 0.2) is 0 Å². The summed E-state index contributed by atoms with van der Waals surface area (Å²) in [5.41, 5.74) is 2.13. The number of halogens is 1. The van der Waals surface area contributed by atoms with Crippen LogP contribution in [0.1, 0.15) is 36.5 Å². The number of benzene rings is 2. The van der Waals surface area contributed by atoms with Crippen LogP contribution in [-0.4, -0.2) is 18.3 Å². The molecule has 2 aromatic rings. The zero-order valence-electron chi connectivity index (χ0n) is 13.0. The molecule has 23 heavy (non-hydrogen) atoms. The van der Waals surface area contributed by atoms with Crippen molar-refractivity contribution >= 4 is 0 Å². The van der Waals surface area contributed by atoms with E-state index in [0.29, 0.717) is 19.0 Å². The second-order valence-corrected chi connectivity index (χ2v) is 5.74. The van der Waals surface area contributed by atoms with Crippen molar-refractivity contribution in [2.24, 2.45) is 0 Å². The molecule has 0 aromatic heterocycles. The summed E-state index contributed by atoms with van der Waals surface area (Å²) >= 11 is 0. The van der Waals surface area contributed by atoms with Crippen LogP contribution in [0.25, 0.3) is 0 Å². The minimum atomic E-state index is -0.371. The standard InChI is InChI=1S/C19H21FO3/c20-14-8-10-15(11-9-14)22-12-3-13-23-19-7-2-4-16-17(19)5-1-6-18(16)21/h2,4,7-11,18,21H,1,3,5-6,12-13H2/t18-/m0/s1. The highest BCUT2D eigenvalue weighted by atomic mass is 19.1. The molecule has 0 unspecified atom stereocenters. The lowest BCUT2D eigenvalue weighted by molar-refractivity contribution is 0.155. The maximum atomic E-state index is 12.8. The summed E-state index contributed by atoms with van der Waals surface area (Å²) in [5.74, 6) is 1.26. The van der Waals surface area contributed by atoms with Gasteiger partial charge < -0.3 is 14.6 Å². The smallest absolute Gasteiger partial charge is 0.123 e. The highest BCUT2D eigenvalue weighted by molar-refractivity contribution is 5.42. The van der Waals surface area contributed by atoms with Crippen LogP contribution in [0.4, 0.5) is 4.39 Å². The third-order valence-corrected chi connectivity index (χ3v) is 4.06. The summed E-state index contributed by atoms with van der Waals surface area (Å²) < 4.78 is 24.2. The molecule has 1 aliphatic rings. The fourth-order valence-electron chi connectivity index (χ4n) is 2.89. The van der Waals surface area contributed by atoms with Crippen molar-refractivity contribution in [1.29, 1.82) is 0 Å². The molecule has 0 heterocycles. The van der Waals surface area contributed by atoms with Crippen LogP contribution in [0.5, 0.6) is 11.5 Å². The molecule has 0 bridgehead atoms. The molecule has 0 aliphatic heterocycles. The van der Waals surface area contributed by atoms with Crippen LogP contribution < -0.4 is 9.47 Å². The molecule has 1 aliphatic carbocycles. The Hall–Kier alpha value is -2.07. The van der Waals surface area contributed by atoms with E-state index in [9.17, 15) is 9.50 Å². The van der Waals surface area contributed by atoms with Crippen LogP contribution in [0.15, 0.2) is 42.5 Å². The second kappa shape index (κ2) is 7.47. The molecule has 1 N–H and O–H groups in total. The number of aliphatic hydroxyl groups is 1. The Bertz CT molecular complexity index is 640. The van der Waals surface area contributed by atoms with E-state index >= 15 is 0 Å². The number of hydrogen-bond acceptors (Lipinski definition) is 3. The Morgan fingerprint density at radius 1 is 1.04 bits per heavy atom. The molecule has 1 atom stereocenters. The van der Waals surface area contributed by atoms with Gasteiger partial charge in [0.25, 0.3) is 0 Å². The molecule has 0 saturated heterocycles. The first-order valence-electron chi connectivity index (χ1n) is 8.05. The highest BCUT2D eigenvalue weighted by Gasteiger charge is 2.20. The van der Waals surface area contributed by atoms with Crippen LogP contribution >= 0.6 is 0 Å². The normalized spacial score (nSPS) is 16.7. The predicted molar refractivity (Wildman–Crippen MR) is 86.3 cm³/mol. The van der Waals surface area contributed by atoms with Gasteiger partial charge in [-0.15, -0.1) is 0 Å². The molecule has 3 nitrogen and oxygen atoms in total. The molecule has 0 spiro atoms. The number of aliphatic hydroxyl groups excluding tert-OH is 1. The zero-order chi connectivity index (χ0) is 16.1. The minimum Gasteiger partial charge on any atom is -0.493 e. The molecular weight excluding hydrogens is 295 g/mol. The van der Waals surface area contributed by atoms with E-state index in [1.54, 1.807) is 12.1 Å². The fourth-order valence-corrected chi connectivity index (χ4v) is 2.89. The average molecular weight is 316 g/mol. The Morgan fingerprint density at radius 3 is 2.65 bits per heavy atom. The molecule has 0 saturated carbocycles. The van der Waals surface area contributed by atoms with Gasteiger partial charge >= 0.3 is 0 Å². The summed E-state index contributed by atoms with van der Waals surface area (Å²) in [5, 5.41) is 10.0. The minimum absolute atomic E-state index is 0.267. The van der Waals surface area contributed by atoms with Crippen molar-refractivity contribution in [2.45, 2.75) is 31.8 Å². The number of fused-ring (bicyclic) bond motifs is 1. The van der Waals surface area contributed by atoms with Gasteiger partial charge in [0.05, 0.1) is 19.3 Å². The largest absolute Gasteiger partial charge is 0.493 e. The first-order valence-corrected chi connectivity index (χ1v) is 8.05. The number of rotatable bonds is 6. The predicted octanol–water partition coefficient (Wildman–Crippen LogP) is 4.04. The summed E-state index contributed by atoms with van der Waals surface area (Å²) in [6.07, 6.45) is 3.13. The number of hydrogen-bond donors (Lipinski definition) is 1. The van der Waals surface area contributed by atoms with E-state index in [0.717, 1.165) is 42.6 Å². The van der Waals surface area contributed by atoms with E-state index in [4.69, 9.17) is 9.47 Å². The Labute approximate surface area is 135 Å². The van der Waals surface area contributed by atoms with Crippen molar-refractivity contribution in [3.63, 3.8) is 0 Å². The van der Waals surface area contributed by atoms with E-state index in [1.165, 1.54) is 12.1 Å². The van der Waals surface area contributed by atoms with Crippen LogP contribution in [0, 0.1) is 5.82 Å². The van der Waals surface area contributed by atoms with Gasteiger partial charge in [-0.3, -0.25) is 0 Å². The SMILES string of the molecule is O[C@H]1CCCc2c(OCCCOc3ccc(F)cc3)cccc21. The highest BCUT2D eigenvalue weighted by Crippen LogP contribution is 2.35. The Kier molecular flexibility index (Phi) is 5.13. The second-order valence-electron chi connectivity index (χ2n) is 5.74. The van der Waals surface area contributed by atoms with Crippen LogP contribution in [0.3, 0.4) is 0 Å². The van der Waals surface area contributed by atoms with Crippen molar-refractivity contribution in [3.05, 3.63) is 59.4 Å². The van der Waals surface area contributed by atoms with E-state index in [2.05, 4.69) is 0 Å². The third kappa shape index (κ3) is 4.02. The van der Waals surface area contributed by atoms with Crippen LogP contribution in [-0.2, 0) is 6.42 Å². The monoisotopic (exact) mass is 316 g/mol. The molecular formula is C19H21FO3. The maximum Gasteiger partial charge on any atom is 0.123 e. The Morgan fingerprint density at radius 2 is 1.83 bits per heavy atom.